The molecule has 0 amide bonds. The maximum atomic E-state index is 13.5. The summed E-state index contributed by atoms with van der Waals surface area (Å²) in [5, 5.41) is 28.0. The van der Waals surface area contributed by atoms with Gasteiger partial charge in [0.15, 0.2) is 12.0 Å². The maximum absolute atomic E-state index is 13.5. The molecule has 168 valence electrons. The molecule has 2 aromatic rings. The van der Waals surface area contributed by atoms with Gasteiger partial charge in [-0.05, 0) is 24.6 Å². The number of aromatic nitrogens is 1. The van der Waals surface area contributed by atoms with Crippen LogP contribution in [-0.4, -0.2) is 35.9 Å². The number of hydrogen-bond donors (Lipinski definition) is 4. The van der Waals surface area contributed by atoms with E-state index in [9.17, 15) is 31.8 Å². The molecule has 0 saturated heterocycles. The Bertz CT molecular complexity index is 982. The van der Waals surface area contributed by atoms with Crippen molar-refractivity contribution in [1.29, 1.82) is 0 Å². The van der Waals surface area contributed by atoms with Gasteiger partial charge in [-0.3, -0.25) is 0 Å². The quantitative estimate of drug-likeness (QED) is 0.411. The number of alkyl halides is 2. The summed E-state index contributed by atoms with van der Waals surface area (Å²) in [4.78, 5) is -0.390. The Hall–Kier alpha value is -2.28. The maximum Gasteiger partial charge on any atom is 0.266 e. The van der Waals surface area contributed by atoms with Gasteiger partial charge in [0.05, 0.1) is 18.3 Å². The van der Waals surface area contributed by atoms with E-state index in [1.54, 1.807) is 6.92 Å². The standard InChI is InChI=1S/C18H24F3N3O5S/c1-3-11(25)6-7-29-16-14(30(22,27)28)9-24(2)15(16)18(26)23-10-4-5-13(19)12(8-10)17(20)21/h4-5,8-9,11,17-18,23,25-26H,3,6-7H2,1-2H3,(H2,22,27,28). The van der Waals surface area contributed by atoms with Gasteiger partial charge in [-0.2, -0.15) is 0 Å². The first kappa shape index (κ1) is 24.0. The van der Waals surface area contributed by atoms with Crippen molar-refractivity contribution >= 4 is 15.7 Å². The van der Waals surface area contributed by atoms with E-state index in [1.165, 1.54) is 11.6 Å². The molecule has 2 rings (SSSR count). The molecule has 0 fully saturated rings. The fourth-order valence-corrected chi connectivity index (χ4v) is 3.51. The van der Waals surface area contributed by atoms with Gasteiger partial charge in [0.1, 0.15) is 16.4 Å². The molecule has 12 heteroatoms. The molecule has 5 N–H and O–H groups in total. The number of aliphatic hydroxyl groups is 2. The van der Waals surface area contributed by atoms with Crippen LogP contribution in [0.15, 0.2) is 29.3 Å². The summed E-state index contributed by atoms with van der Waals surface area (Å²) in [5.74, 6) is -1.33. The van der Waals surface area contributed by atoms with Crippen molar-refractivity contribution in [3.63, 3.8) is 0 Å². The van der Waals surface area contributed by atoms with Gasteiger partial charge in [0.2, 0.25) is 10.0 Å². The number of ether oxygens (including phenoxy) is 1. The molecule has 1 aromatic heterocycles. The molecule has 2 unspecified atom stereocenters. The highest BCUT2D eigenvalue weighted by Crippen LogP contribution is 2.35. The van der Waals surface area contributed by atoms with E-state index >= 15 is 0 Å². The SMILES string of the molecule is CCC(O)CCOc1c(S(N)(=O)=O)cn(C)c1C(O)Nc1ccc(F)c(C(F)F)c1. The van der Waals surface area contributed by atoms with Crippen molar-refractivity contribution in [3.05, 3.63) is 41.5 Å². The minimum Gasteiger partial charge on any atom is -0.490 e. The van der Waals surface area contributed by atoms with Crippen molar-refractivity contribution in [2.24, 2.45) is 12.2 Å². The Labute approximate surface area is 172 Å². The molecule has 1 heterocycles. The summed E-state index contributed by atoms with van der Waals surface area (Å²) in [6, 6.07) is 2.80. The van der Waals surface area contributed by atoms with Gasteiger partial charge >= 0.3 is 0 Å². The number of benzene rings is 1. The molecule has 0 spiro atoms. The molecule has 0 aliphatic carbocycles. The van der Waals surface area contributed by atoms with Gasteiger partial charge < -0.3 is 24.8 Å². The Morgan fingerprint density at radius 2 is 1.97 bits per heavy atom. The first-order valence-corrected chi connectivity index (χ1v) is 10.5. The van der Waals surface area contributed by atoms with E-state index in [-0.39, 0.29) is 35.1 Å². The van der Waals surface area contributed by atoms with Gasteiger partial charge in [-0.25, -0.2) is 26.7 Å². The molecule has 0 aliphatic heterocycles. The van der Waals surface area contributed by atoms with Crippen LogP contribution in [0.3, 0.4) is 0 Å². The van der Waals surface area contributed by atoms with E-state index in [2.05, 4.69) is 5.32 Å². The summed E-state index contributed by atoms with van der Waals surface area (Å²) in [6.07, 6.45) is -3.52. The number of sulfonamides is 1. The van der Waals surface area contributed by atoms with Gasteiger partial charge in [0, 0.05) is 25.4 Å². The van der Waals surface area contributed by atoms with Gasteiger partial charge in [0.25, 0.3) is 6.43 Å². The molecule has 0 saturated carbocycles. The zero-order chi connectivity index (χ0) is 22.6. The third kappa shape index (κ3) is 5.65. The van der Waals surface area contributed by atoms with Crippen LogP contribution in [0.5, 0.6) is 5.75 Å². The largest absolute Gasteiger partial charge is 0.490 e. The number of anilines is 1. The monoisotopic (exact) mass is 451 g/mol. The lowest BCUT2D eigenvalue weighted by molar-refractivity contribution is 0.132. The number of halogens is 3. The molecule has 0 bridgehead atoms. The highest BCUT2D eigenvalue weighted by atomic mass is 32.2. The highest BCUT2D eigenvalue weighted by molar-refractivity contribution is 7.89. The Morgan fingerprint density at radius 3 is 2.53 bits per heavy atom. The molecule has 0 radical (unpaired) electrons. The summed E-state index contributed by atoms with van der Waals surface area (Å²) < 4.78 is 69.9. The predicted octanol–water partition coefficient (Wildman–Crippen LogP) is 2.39. The first-order chi connectivity index (χ1) is 14.0. The number of nitrogens with one attached hydrogen (secondary N) is 1. The minimum absolute atomic E-state index is 0.0232. The van der Waals surface area contributed by atoms with Gasteiger partial charge in [-0.1, -0.05) is 6.92 Å². The van der Waals surface area contributed by atoms with Crippen molar-refractivity contribution in [2.45, 2.75) is 43.4 Å². The average molecular weight is 451 g/mol. The zero-order valence-corrected chi connectivity index (χ0v) is 17.2. The van der Waals surface area contributed by atoms with E-state index in [1.807, 2.05) is 0 Å². The highest BCUT2D eigenvalue weighted by Gasteiger charge is 2.28. The smallest absolute Gasteiger partial charge is 0.266 e. The number of nitrogens with two attached hydrogens (primary N) is 1. The number of primary sulfonamides is 1. The van der Waals surface area contributed by atoms with Crippen LogP contribution >= 0.6 is 0 Å². The summed E-state index contributed by atoms with van der Waals surface area (Å²) in [6.45, 7) is 1.70. The fraction of sp³-hybridized carbons (Fsp3) is 0.444. The molecule has 0 aliphatic rings. The topological polar surface area (TPSA) is 127 Å². The lowest BCUT2D eigenvalue weighted by Gasteiger charge is -2.19. The predicted molar refractivity (Wildman–Crippen MR) is 103 cm³/mol. The fourth-order valence-electron chi connectivity index (χ4n) is 2.78. The first-order valence-electron chi connectivity index (χ1n) is 9.00. The second-order valence-electron chi connectivity index (χ2n) is 6.65. The lowest BCUT2D eigenvalue weighted by atomic mass is 10.2. The zero-order valence-electron chi connectivity index (χ0n) is 16.3. The van der Waals surface area contributed by atoms with E-state index < -0.39 is 40.2 Å². The second-order valence-corrected chi connectivity index (χ2v) is 8.18. The van der Waals surface area contributed by atoms with Crippen molar-refractivity contribution < 1.29 is 36.5 Å². The van der Waals surface area contributed by atoms with Crippen molar-refractivity contribution in [3.8, 4) is 5.75 Å². The van der Waals surface area contributed by atoms with Crippen molar-refractivity contribution in [2.75, 3.05) is 11.9 Å². The van der Waals surface area contributed by atoms with Crippen LogP contribution in [0.25, 0.3) is 0 Å². The van der Waals surface area contributed by atoms with Gasteiger partial charge in [-0.15, -0.1) is 0 Å². The minimum atomic E-state index is -4.22. The Balaban J connectivity index is 2.37. The van der Waals surface area contributed by atoms with Crippen LogP contribution in [-0.2, 0) is 17.1 Å². The summed E-state index contributed by atoms with van der Waals surface area (Å²) >= 11 is 0. The summed E-state index contributed by atoms with van der Waals surface area (Å²) in [5.41, 5.74) is -0.924. The van der Waals surface area contributed by atoms with Crippen LogP contribution in [0.4, 0.5) is 18.9 Å². The molecule has 30 heavy (non-hydrogen) atoms. The van der Waals surface area contributed by atoms with Crippen molar-refractivity contribution in [1.82, 2.24) is 4.57 Å². The Kier molecular flexibility index (Phi) is 7.75. The van der Waals surface area contributed by atoms with Crippen LogP contribution in [0, 0.1) is 5.82 Å². The van der Waals surface area contributed by atoms with E-state index in [4.69, 9.17) is 9.88 Å². The second kappa shape index (κ2) is 9.69. The van der Waals surface area contributed by atoms with Crippen LogP contribution in [0.2, 0.25) is 0 Å². The third-order valence-corrected chi connectivity index (χ3v) is 5.32. The number of rotatable bonds is 10. The normalized spacial score (nSPS) is 14.0. The van der Waals surface area contributed by atoms with E-state index in [0.717, 1.165) is 24.4 Å². The number of nitrogens with zero attached hydrogens (tertiary/aromatic N) is 1. The molecular formula is C18H24F3N3O5S. The lowest BCUT2D eigenvalue weighted by Crippen LogP contribution is -2.18. The average Bonchev–Trinajstić information content (AvgIpc) is 2.99. The third-order valence-electron chi connectivity index (χ3n) is 4.42. The summed E-state index contributed by atoms with van der Waals surface area (Å²) in [7, 11) is -2.79. The molecule has 1 aromatic carbocycles. The Morgan fingerprint density at radius 1 is 1.30 bits per heavy atom. The molecule has 2 atom stereocenters. The number of aliphatic hydroxyl groups excluding tert-OH is 2. The number of hydrogen-bond acceptors (Lipinski definition) is 6. The van der Waals surface area contributed by atoms with Crippen LogP contribution in [0.1, 0.15) is 43.7 Å². The number of aryl methyl sites for hydroxylation is 1. The van der Waals surface area contributed by atoms with Crippen LogP contribution < -0.4 is 15.2 Å². The molecular weight excluding hydrogens is 427 g/mol. The molecule has 8 nitrogen and oxygen atoms in total. The van der Waals surface area contributed by atoms with E-state index in [0.29, 0.717) is 6.42 Å².